The fourth-order valence-corrected chi connectivity index (χ4v) is 0.846. The number of carbonyl (C=O) groups is 2. The van der Waals surface area contributed by atoms with Crippen LogP contribution in [0.15, 0.2) is 0 Å². The van der Waals surface area contributed by atoms with Crippen molar-refractivity contribution < 1.29 is 24.5 Å². The van der Waals surface area contributed by atoms with Crippen LogP contribution in [0.3, 0.4) is 0 Å². The van der Waals surface area contributed by atoms with Crippen LogP contribution < -0.4 is 10.6 Å². The van der Waals surface area contributed by atoms with Crippen LogP contribution in [-0.2, 0) is 4.74 Å². The summed E-state index contributed by atoms with van der Waals surface area (Å²) < 4.78 is 4.94. The summed E-state index contributed by atoms with van der Waals surface area (Å²) >= 11 is 0. The molecule has 2 amide bonds. The molecule has 0 aromatic heterocycles. The number of carbonyl (C=O) groups excluding carboxylic acids is 1. The van der Waals surface area contributed by atoms with Gasteiger partial charge in [0.2, 0.25) is 0 Å². The van der Waals surface area contributed by atoms with E-state index in [0.717, 1.165) is 0 Å². The number of aliphatic hydroxyl groups is 1. The summed E-state index contributed by atoms with van der Waals surface area (Å²) in [5.74, 6) is 0. The van der Waals surface area contributed by atoms with Crippen molar-refractivity contribution in [1.82, 2.24) is 10.6 Å². The number of carboxylic acid groups (broad SMARTS) is 1. The highest BCUT2D eigenvalue weighted by atomic mass is 16.6. The SMILES string of the molecule is CC(C)(C)OC(=O)N[C@H](CO)CNC(=O)O. The van der Waals surface area contributed by atoms with Gasteiger partial charge in [-0.1, -0.05) is 0 Å². The molecular formula is C9H18N2O5. The van der Waals surface area contributed by atoms with Crippen molar-refractivity contribution in [1.29, 1.82) is 0 Å². The van der Waals surface area contributed by atoms with Crippen molar-refractivity contribution in [2.24, 2.45) is 0 Å². The van der Waals surface area contributed by atoms with Crippen LogP contribution in [0.4, 0.5) is 9.59 Å². The maximum Gasteiger partial charge on any atom is 0.408 e. The van der Waals surface area contributed by atoms with Gasteiger partial charge in [0.15, 0.2) is 0 Å². The number of ether oxygens (including phenoxy) is 1. The van der Waals surface area contributed by atoms with Gasteiger partial charge < -0.3 is 25.6 Å². The van der Waals surface area contributed by atoms with Crippen molar-refractivity contribution in [3.8, 4) is 0 Å². The van der Waals surface area contributed by atoms with Crippen LogP contribution in [-0.4, -0.2) is 47.2 Å². The molecule has 0 aromatic carbocycles. The summed E-state index contributed by atoms with van der Waals surface area (Å²) in [4.78, 5) is 21.5. The van der Waals surface area contributed by atoms with E-state index >= 15 is 0 Å². The first kappa shape index (κ1) is 14.5. The Morgan fingerprint density at radius 2 is 1.94 bits per heavy atom. The Labute approximate surface area is 93.8 Å². The standard InChI is InChI=1S/C9H18N2O5/c1-9(2,3)16-8(15)11-6(5-12)4-10-7(13)14/h6,10,12H,4-5H2,1-3H3,(H,11,15)(H,13,14)/t6-/m0/s1. The summed E-state index contributed by atoms with van der Waals surface area (Å²) in [6, 6.07) is -0.703. The van der Waals surface area contributed by atoms with Gasteiger partial charge in [0.1, 0.15) is 5.60 Å². The van der Waals surface area contributed by atoms with Gasteiger partial charge >= 0.3 is 12.2 Å². The zero-order valence-electron chi connectivity index (χ0n) is 9.61. The number of alkyl carbamates (subject to hydrolysis) is 1. The summed E-state index contributed by atoms with van der Waals surface area (Å²) in [5.41, 5.74) is -0.635. The van der Waals surface area contributed by atoms with E-state index < -0.39 is 23.8 Å². The van der Waals surface area contributed by atoms with Crippen molar-refractivity contribution >= 4 is 12.2 Å². The highest BCUT2D eigenvalue weighted by Crippen LogP contribution is 2.06. The molecule has 4 N–H and O–H groups in total. The molecule has 0 aliphatic rings. The second-order valence-corrected chi connectivity index (χ2v) is 4.21. The van der Waals surface area contributed by atoms with Gasteiger partial charge in [-0.2, -0.15) is 0 Å². The maximum absolute atomic E-state index is 11.3. The largest absolute Gasteiger partial charge is 0.465 e. The van der Waals surface area contributed by atoms with Crippen molar-refractivity contribution in [2.45, 2.75) is 32.4 Å². The van der Waals surface area contributed by atoms with E-state index in [0.29, 0.717) is 0 Å². The Bertz CT molecular complexity index is 249. The lowest BCUT2D eigenvalue weighted by atomic mass is 10.2. The first-order valence-corrected chi connectivity index (χ1v) is 4.82. The molecule has 0 saturated carbocycles. The molecule has 1 atom stereocenters. The average molecular weight is 234 g/mol. The number of nitrogens with one attached hydrogen (secondary N) is 2. The lowest BCUT2D eigenvalue weighted by molar-refractivity contribution is 0.0481. The predicted octanol–water partition coefficient (Wildman–Crippen LogP) is 0.140. The highest BCUT2D eigenvalue weighted by Gasteiger charge is 2.19. The lowest BCUT2D eigenvalue weighted by Gasteiger charge is -2.22. The Hall–Kier alpha value is -1.50. The zero-order chi connectivity index (χ0) is 12.8. The topological polar surface area (TPSA) is 108 Å². The van der Waals surface area contributed by atoms with E-state index in [-0.39, 0.29) is 13.2 Å². The molecule has 0 aliphatic heterocycles. The third-order valence-electron chi connectivity index (χ3n) is 1.44. The molecule has 0 radical (unpaired) electrons. The number of aliphatic hydroxyl groups excluding tert-OH is 1. The number of hydrogen-bond donors (Lipinski definition) is 4. The van der Waals surface area contributed by atoms with Crippen LogP contribution in [0.1, 0.15) is 20.8 Å². The Morgan fingerprint density at radius 3 is 2.31 bits per heavy atom. The Morgan fingerprint density at radius 1 is 1.38 bits per heavy atom. The van der Waals surface area contributed by atoms with Gasteiger partial charge in [-0.25, -0.2) is 9.59 Å². The van der Waals surface area contributed by atoms with E-state index in [1.54, 1.807) is 20.8 Å². The average Bonchev–Trinajstić information content (AvgIpc) is 2.08. The normalized spacial score (nSPS) is 12.8. The molecule has 0 spiro atoms. The molecule has 0 saturated heterocycles. The minimum Gasteiger partial charge on any atom is -0.465 e. The number of rotatable bonds is 4. The quantitative estimate of drug-likeness (QED) is 0.553. The highest BCUT2D eigenvalue weighted by molar-refractivity contribution is 5.68. The summed E-state index contributed by atoms with van der Waals surface area (Å²) in [6.45, 7) is 4.66. The second kappa shape index (κ2) is 6.16. The van der Waals surface area contributed by atoms with Crippen LogP contribution >= 0.6 is 0 Å². The van der Waals surface area contributed by atoms with Gasteiger partial charge in [0, 0.05) is 6.54 Å². The monoisotopic (exact) mass is 234 g/mol. The zero-order valence-corrected chi connectivity index (χ0v) is 9.61. The van der Waals surface area contributed by atoms with E-state index in [4.69, 9.17) is 14.9 Å². The van der Waals surface area contributed by atoms with E-state index in [1.165, 1.54) is 0 Å². The van der Waals surface area contributed by atoms with Gasteiger partial charge in [-0.15, -0.1) is 0 Å². The van der Waals surface area contributed by atoms with Crippen LogP contribution in [0.25, 0.3) is 0 Å². The Balaban J connectivity index is 4.02. The fourth-order valence-electron chi connectivity index (χ4n) is 0.846. The molecule has 0 aromatic rings. The third kappa shape index (κ3) is 7.86. The predicted molar refractivity (Wildman–Crippen MR) is 56.3 cm³/mol. The molecule has 0 aliphatic carbocycles. The molecule has 0 bridgehead atoms. The van der Waals surface area contributed by atoms with E-state index in [9.17, 15) is 9.59 Å². The first-order chi connectivity index (χ1) is 7.24. The molecule has 7 nitrogen and oxygen atoms in total. The maximum atomic E-state index is 11.3. The number of amides is 2. The molecule has 7 heteroatoms. The van der Waals surface area contributed by atoms with Gasteiger partial charge in [0.05, 0.1) is 12.6 Å². The van der Waals surface area contributed by atoms with Gasteiger partial charge in [0.25, 0.3) is 0 Å². The smallest absolute Gasteiger partial charge is 0.408 e. The van der Waals surface area contributed by atoms with Crippen molar-refractivity contribution in [2.75, 3.05) is 13.2 Å². The van der Waals surface area contributed by atoms with E-state index in [2.05, 4.69) is 10.6 Å². The minimum absolute atomic E-state index is 0.0783. The summed E-state index contributed by atoms with van der Waals surface area (Å²) in [5, 5.41) is 21.6. The summed E-state index contributed by atoms with van der Waals surface area (Å²) in [6.07, 6.45) is -1.91. The minimum atomic E-state index is -1.22. The third-order valence-corrected chi connectivity index (χ3v) is 1.44. The molecule has 0 rings (SSSR count). The van der Waals surface area contributed by atoms with E-state index in [1.807, 2.05) is 0 Å². The molecule has 94 valence electrons. The molecule has 0 heterocycles. The Kier molecular flexibility index (Phi) is 5.59. The van der Waals surface area contributed by atoms with Crippen LogP contribution in [0.5, 0.6) is 0 Å². The first-order valence-electron chi connectivity index (χ1n) is 4.82. The lowest BCUT2D eigenvalue weighted by Crippen LogP contribution is -2.47. The summed E-state index contributed by atoms with van der Waals surface area (Å²) in [7, 11) is 0. The van der Waals surface area contributed by atoms with Crippen molar-refractivity contribution in [3.05, 3.63) is 0 Å². The molecule has 0 unspecified atom stereocenters. The van der Waals surface area contributed by atoms with Crippen LogP contribution in [0.2, 0.25) is 0 Å². The number of hydrogen-bond acceptors (Lipinski definition) is 4. The van der Waals surface area contributed by atoms with Gasteiger partial charge in [-0.3, -0.25) is 0 Å². The molecule has 16 heavy (non-hydrogen) atoms. The van der Waals surface area contributed by atoms with Crippen molar-refractivity contribution in [3.63, 3.8) is 0 Å². The molecule has 0 fully saturated rings. The molecular weight excluding hydrogens is 216 g/mol. The second-order valence-electron chi connectivity index (χ2n) is 4.21. The van der Waals surface area contributed by atoms with Crippen LogP contribution in [0, 0.1) is 0 Å². The van der Waals surface area contributed by atoms with Gasteiger partial charge in [-0.05, 0) is 20.8 Å². The fraction of sp³-hybridized carbons (Fsp3) is 0.778.